The number of nitrogens with one attached hydrogen (secondary N) is 1. The van der Waals surface area contributed by atoms with Crippen LogP contribution in [-0.4, -0.2) is 20.7 Å². The molecule has 1 amide bonds. The van der Waals surface area contributed by atoms with Crippen molar-refractivity contribution in [1.82, 2.24) is 14.8 Å². The van der Waals surface area contributed by atoms with Crippen molar-refractivity contribution in [1.29, 1.82) is 0 Å². The molecule has 0 aliphatic carbocycles. The minimum Gasteiger partial charge on any atom is -0.384 e. The largest absolute Gasteiger partial charge is 0.384 e. The number of pyridine rings is 1. The molecule has 0 bridgehead atoms. The smallest absolute Gasteiger partial charge is 0.258 e. The first-order valence-electron chi connectivity index (χ1n) is 5.94. The van der Waals surface area contributed by atoms with E-state index in [1.807, 2.05) is 20.8 Å². The van der Waals surface area contributed by atoms with Gasteiger partial charge in [0.2, 0.25) is 0 Å². The molecule has 0 saturated carbocycles. The predicted octanol–water partition coefficient (Wildman–Crippen LogP) is 1.87. The van der Waals surface area contributed by atoms with Gasteiger partial charge in [0, 0.05) is 6.20 Å². The van der Waals surface area contributed by atoms with Crippen LogP contribution in [0.4, 0.5) is 11.5 Å². The average molecular weight is 259 g/mol. The molecule has 6 nitrogen and oxygen atoms in total. The molecule has 0 aromatic carbocycles. The van der Waals surface area contributed by atoms with E-state index in [0.29, 0.717) is 17.1 Å². The first-order chi connectivity index (χ1) is 8.86. The minimum atomic E-state index is -0.220. The van der Waals surface area contributed by atoms with E-state index in [1.54, 1.807) is 29.2 Å². The van der Waals surface area contributed by atoms with Gasteiger partial charge in [-0.2, -0.15) is 5.10 Å². The second-order valence-corrected chi connectivity index (χ2v) is 5.27. The second kappa shape index (κ2) is 4.72. The molecule has 0 atom stereocenters. The summed E-state index contributed by atoms with van der Waals surface area (Å²) in [4.78, 5) is 15.9. The summed E-state index contributed by atoms with van der Waals surface area (Å²) in [5, 5.41) is 6.92. The highest BCUT2D eigenvalue weighted by molar-refractivity contribution is 6.03. The van der Waals surface area contributed by atoms with E-state index in [4.69, 9.17) is 5.73 Å². The van der Waals surface area contributed by atoms with Crippen molar-refractivity contribution in [2.45, 2.75) is 26.3 Å². The third-order valence-electron chi connectivity index (χ3n) is 2.58. The fourth-order valence-electron chi connectivity index (χ4n) is 1.49. The Kier molecular flexibility index (Phi) is 3.25. The molecule has 2 heterocycles. The number of nitrogens with zero attached hydrogens (tertiary/aromatic N) is 3. The van der Waals surface area contributed by atoms with Crippen LogP contribution in [0.5, 0.6) is 0 Å². The fraction of sp³-hybridized carbons (Fsp3) is 0.308. The van der Waals surface area contributed by atoms with Crippen LogP contribution < -0.4 is 11.1 Å². The molecule has 0 spiro atoms. The lowest BCUT2D eigenvalue weighted by atomic mass is 10.1. The van der Waals surface area contributed by atoms with E-state index in [0.717, 1.165) is 0 Å². The highest BCUT2D eigenvalue weighted by Gasteiger charge is 2.16. The summed E-state index contributed by atoms with van der Waals surface area (Å²) in [5.74, 6) is 0.195. The number of aromatic nitrogens is 3. The van der Waals surface area contributed by atoms with Crippen molar-refractivity contribution < 1.29 is 4.79 Å². The zero-order valence-corrected chi connectivity index (χ0v) is 11.2. The second-order valence-electron chi connectivity index (χ2n) is 5.27. The van der Waals surface area contributed by atoms with E-state index in [2.05, 4.69) is 15.4 Å². The topological polar surface area (TPSA) is 85.8 Å². The number of anilines is 2. The van der Waals surface area contributed by atoms with Crippen molar-refractivity contribution in [3.05, 3.63) is 36.3 Å². The van der Waals surface area contributed by atoms with E-state index >= 15 is 0 Å². The van der Waals surface area contributed by atoms with Crippen LogP contribution in [0.15, 0.2) is 30.7 Å². The lowest BCUT2D eigenvalue weighted by Gasteiger charge is -2.18. The van der Waals surface area contributed by atoms with Crippen molar-refractivity contribution in [3.8, 4) is 0 Å². The first kappa shape index (κ1) is 13.1. The number of carbonyl (C=O) groups excluding carboxylic acids is 1. The lowest BCUT2D eigenvalue weighted by Crippen LogP contribution is -2.22. The Bertz CT molecular complexity index is 580. The van der Waals surface area contributed by atoms with Gasteiger partial charge in [0.05, 0.1) is 29.2 Å². The Morgan fingerprint density at radius 3 is 2.58 bits per heavy atom. The molecule has 2 rings (SSSR count). The Morgan fingerprint density at radius 1 is 1.32 bits per heavy atom. The van der Waals surface area contributed by atoms with Crippen LogP contribution in [0, 0.1) is 0 Å². The number of nitrogen functional groups attached to an aromatic ring is 1. The van der Waals surface area contributed by atoms with E-state index in [-0.39, 0.29) is 11.4 Å². The molecule has 0 saturated heterocycles. The molecule has 2 aromatic heterocycles. The SMILES string of the molecule is CC(C)(C)n1cc(C(=O)Nc2ccc(N)nc2)cn1. The molecule has 0 radical (unpaired) electrons. The molecule has 3 N–H and O–H groups in total. The van der Waals surface area contributed by atoms with E-state index < -0.39 is 0 Å². The molecule has 0 unspecified atom stereocenters. The van der Waals surface area contributed by atoms with Crippen LogP contribution in [0.25, 0.3) is 0 Å². The van der Waals surface area contributed by atoms with Crippen molar-refractivity contribution in [2.24, 2.45) is 0 Å². The summed E-state index contributed by atoms with van der Waals surface area (Å²) >= 11 is 0. The molecular weight excluding hydrogens is 242 g/mol. The van der Waals surface area contributed by atoms with Gasteiger partial charge in [-0.15, -0.1) is 0 Å². The molecule has 6 heteroatoms. The van der Waals surface area contributed by atoms with E-state index in [9.17, 15) is 4.79 Å². The molecule has 19 heavy (non-hydrogen) atoms. The third kappa shape index (κ3) is 3.09. The zero-order chi connectivity index (χ0) is 14.0. The first-order valence-corrected chi connectivity index (χ1v) is 5.94. The Balaban J connectivity index is 2.12. The van der Waals surface area contributed by atoms with Gasteiger partial charge in [0.1, 0.15) is 5.82 Å². The van der Waals surface area contributed by atoms with Gasteiger partial charge in [0.15, 0.2) is 0 Å². The Labute approximate surface area is 111 Å². The fourth-order valence-corrected chi connectivity index (χ4v) is 1.49. The Hall–Kier alpha value is -2.37. The van der Waals surface area contributed by atoms with Gasteiger partial charge in [-0.3, -0.25) is 9.48 Å². The number of hydrogen-bond donors (Lipinski definition) is 2. The quantitative estimate of drug-likeness (QED) is 0.862. The molecular formula is C13H17N5O. The molecule has 0 aliphatic rings. The summed E-state index contributed by atoms with van der Waals surface area (Å²) in [6.45, 7) is 6.06. The zero-order valence-electron chi connectivity index (χ0n) is 11.2. The van der Waals surface area contributed by atoms with Gasteiger partial charge in [-0.25, -0.2) is 4.98 Å². The number of amides is 1. The normalized spacial score (nSPS) is 11.3. The number of rotatable bonds is 2. The predicted molar refractivity (Wildman–Crippen MR) is 73.8 cm³/mol. The molecule has 0 aliphatic heterocycles. The van der Waals surface area contributed by atoms with Gasteiger partial charge in [-0.1, -0.05) is 0 Å². The lowest BCUT2D eigenvalue weighted by molar-refractivity contribution is 0.102. The van der Waals surface area contributed by atoms with Crippen LogP contribution >= 0.6 is 0 Å². The standard InChI is InChI=1S/C13H17N5O/c1-13(2,3)18-8-9(6-16-18)12(19)17-10-4-5-11(14)15-7-10/h4-8H,1-3H3,(H2,14,15)(H,17,19). The molecule has 0 fully saturated rings. The van der Waals surface area contributed by atoms with Gasteiger partial charge in [-0.05, 0) is 32.9 Å². The third-order valence-corrected chi connectivity index (χ3v) is 2.58. The highest BCUT2D eigenvalue weighted by atomic mass is 16.1. The van der Waals surface area contributed by atoms with Crippen LogP contribution in [0.2, 0.25) is 0 Å². The molecule has 100 valence electrons. The van der Waals surface area contributed by atoms with Crippen molar-refractivity contribution in [3.63, 3.8) is 0 Å². The summed E-state index contributed by atoms with van der Waals surface area (Å²) in [5.41, 5.74) is 6.44. The maximum Gasteiger partial charge on any atom is 0.258 e. The number of hydrogen-bond acceptors (Lipinski definition) is 4. The van der Waals surface area contributed by atoms with E-state index in [1.165, 1.54) is 6.20 Å². The van der Waals surface area contributed by atoms with Crippen molar-refractivity contribution >= 4 is 17.4 Å². The van der Waals surface area contributed by atoms with Gasteiger partial charge >= 0.3 is 0 Å². The van der Waals surface area contributed by atoms with Crippen LogP contribution in [-0.2, 0) is 5.54 Å². The number of nitrogens with two attached hydrogens (primary N) is 1. The monoisotopic (exact) mass is 259 g/mol. The van der Waals surface area contributed by atoms with Crippen LogP contribution in [0.3, 0.4) is 0 Å². The maximum atomic E-state index is 12.0. The molecule has 2 aromatic rings. The van der Waals surface area contributed by atoms with Crippen LogP contribution in [0.1, 0.15) is 31.1 Å². The summed E-state index contributed by atoms with van der Waals surface area (Å²) in [7, 11) is 0. The van der Waals surface area contributed by atoms with Crippen molar-refractivity contribution in [2.75, 3.05) is 11.1 Å². The highest BCUT2D eigenvalue weighted by Crippen LogP contribution is 2.14. The maximum absolute atomic E-state index is 12.0. The van der Waals surface area contributed by atoms with Gasteiger partial charge in [0.25, 0.3) is 5.91 Å². The summed E-state index contributed by atoms with van der Waals surface area (Å²) in [6.07, 6.45) is 4.78. The Morgan fingerprint density at radius 2 is 2.05 bits per heavy atom. The summed E-state index contributed by atoms with van der Waals surface area (Å²) < 4.78 is 1.75. The van der Waals surface area contributed by atoms with Gasteiger partial charge < -0.3 is 11.1 Å². The number of carbonyl (C=O) groups is 1. The minimum absolute atomic E-state index is 0.152. The average Bonchev–Trinajstić information content (AvgIpc) is 2.81. The summed E-state index contributed by atoms with van der Waals surface area (Å²) in [6, 6.07) is 3.34.